The fourth-order valence-corrected chi connectivity index (χ4v) is 2.83. The number of hydrogen-bond acceptors (Lipinski definition) is 1. The summed E-state index contributed by atoms with van der Waals surface area (Å²) in [7, 11) is 0. The minimum absolute atomic E-state index is 0.198. The Bertz CT molecular complexity index is 349. The van der Waals surface area contributed by atoms with Gasteiger partial charge in [0.2, 0.25) is 0 Å². The Morgan fingerprint density at radius 2 is 1.78 bits per heavy atom. The van der Waals surface area contributed by atoms with Gasteiger partial charge < -0.3 is 5.73 Å². The summed E-state index contributed by atoms with van der Waals surface area (Å²) in [6.45, 7) is 4.40. The van der Waals surface area contributed by atoms with Gasteiger partial charge >= 0.3 is 0 Å². The molecule has 0 aromatic heterocycles. The second kappa shape index (κ2) is 8.71. The van der Waals surface area contributed by atoms with Gasteiger partial charge in [-0.05, 0) is 36.6 Å². The van der Waals surface area contributed by atoms with Gasteiger partial charge in [0.25, 0.3) is 0 Å². The Morgan fingerprint density at radius 3 is 2.44 bits per heavy atom. The first-order valence-electron chi connectivity index (χ1n) is 7.16. The van der Waals surface area contributed by atoms with E-state index in [4.69, 9.17) is 5.73 Å². The third-order valence-corrected chi connectivity index (χ3v) is 3.99. The van der Waals surface area contributed by atoms with Crippen molar-refractivity contribution in [3.05, 3.63) is 33.8 Å². The van der Waals surface area contributed by atoms with Crippen molar-refractivity contribution in [1.82, 2.24) is 0 Å². The number of benzene rings is 1. The molecule has 0 spiro atoms. The second-order valence-corrected chi connectivity index (χ2v) is 6.08. The third-order valence-electron chi connectivity index (χ3n) is 3.50. The first kappa shape index (κ1) is 15.7. The van der Waals surface area contributed by atoms with E-state index in [0.717, 1.165) is 10.9 Å². The zero-order valence-corrected chi connectivity index (χ0v) is 13.3. The van der Waals surface area contributed by atoms with E-state index in [2.05, 4.69) is 48.0 Å². The summed E-state index contributed by atoms with van der Waals surface area (Å²) in [6, 6.07) is 6.59. The third kappa shape index (κ3) is 5.53. The molecular formula is C16H26BrN. The highest BCUT2D eigenvalue weighted by atomic mass is 79.9. The topological polar surface area (TPSA) is 26.0 Å². The van der Waals surface area contributed by atoms with Crippen LogP contribution >= 0.6 is 15.9 Å². The molecule has 0 saturated carbocycles. The molecule has 0 radical (unpaired) electrons. The van der Waals surface area contributed by atoms with Crippen LogP contribution in [0.2, 0.25) is 0 Å². The van der Waals surface area contributed by atoms with Crippen LogP contribution in [0.5, 0.6) is 0 Å². The van der Waals surface area contributed by atoms with Crippen LogP contribution in [0.3, 0.4) is 0 Å². The van der Waals surface area contributed by atoms with E-state index < -0.39 is 0 Å². The molecule has 0 fully saturated rings. The fraction of sp³-hybridized carbons (Fsp3) is 0.625. The zero-order chi connectivity index (χ0) is 13.4. The average Bonchev–Trinajstić information content (AvgIpc) is 2.33. The predicted molar refractivity (Wildman–Crippen MR) is 83.8 cm³/mol. The highest BCUT2D eigenvalue weighted by Crippen LogP contribution is 2.24. The van der Waals surface area contributed by atoms with Crippen LogP contribution in [0, 0.1) is 6.92 Å². The smallest absolute Gasteiger partial charge is 0.0297 e. The van der Waals surface area contributed by atoms with E-state index in [-0.39, 0.29) is 6.04 Å². The highest BCUT2D eigenvalue weighted by molar-refractivity contribution is 9.10. The van der Waals surface area contributed by atoms with Crippen LogP contribution < -0.4 is 5.73 Å². The lowest BCUT2D eigenvalue weighted by atomic mass is 9.97. The molecule has 1 rings (SSSR count). The molecule has 1 nitrogen and oxygen atoms in total. The summed E-state index contributed by atoms with van der Waals surface area (Å²) in [5, 5.41) is 0. The standard InChI is InChI=1S/C16H26BrN/c1-3-4-5-6-7-8-9-16(18)15-11-10-14(17)12-13(15)2/h10-12,16H,3-9,18H2,1-2H3. The highest BCUT2D eigenvalue weighted by Gasteiger charge is 2.08. The van der Waals surface area contributed by atoms with Crippen LogP contribution in [0.25, 0.3) is 0 Å². The summed E-state index contributed by atoms with van der Waals surface area (Å²) in [6.07, 6.45) is 9.11. The quantitative estimate of drug-likeness (QED) is 0.629. The largest absolute Gasteiger partial charge is 0.324 e. The maximum Gasteiger partial charge on any atom is 0.0297 e. The zero-order valence-electron chi connectivity index (χ0n) is 11.7. The van der Waals surface area contributed by atoms with Crippen molar-refractivity contribution in [3.8, 4) is 0 Å². The Kier molecular flexibility index (Phi) is 7.60. The Morgan fingerprint density at radius 1 is 1.11 bits per heavy atom. The van der Waals surface area contributed by atoms with Crippen LogP contribution in [-0.4, -0.2) is 0 Å². The van der Waals surface area contributed by atoms with Gasteiger partial charge in [0.1, 0.15) is 0 Å². The van der Waals surface area contributed by atoms with Crippen molar-refractivity contribution in [3.63, 3.8) is 0 Å². The summed E-state index contributed by atoms with van der Waals surface area (Å²) >= 11 is 3.49. The molecule has 0 aliphatic heterocycles. The molecule has 0 heterocycles. The van der Waals surface area contributed by atoms with Gasteiger partial charge in [0.15, 0.2) is 0 Å². The molecule has 1 atom stereocenters. The molecule has 2 N–H and O–H groups in total. The van der Waals surface area contributed by atoms with E-state index in [1.165, 1.54) is 49.7 Å². The molecule has 2 heteroatoms. The maximum atomic E-state index is 6.27. The minimum atomic E-state index is 0.198. The van der Waals surface area contributed by atoms with E-state index in [0.29, 0.717) is 0 Å². The van der Waals surface area contributed by atoms with Gasteiger partial charge in [0.05, 0.1) is 0 Å². The van der Waals surface area contributed by atoms with Crippen molar-refractivity contribution in [2.75, 3.05) is 0 Å². The number of nitrogens with two attached hydrogens (primary N) is 1. The van der Waals surface area contributed by atoms with Crippen molar-refractivity contribution in [1.29, 1.82) is 0 Å². The molecule has 18 heavy (non-hydrogen) atoms. The number of aryl methyl sites for hydroxylation is 1. The van der Waals surface area contributed by atoms with Crippen molar-refractivity contribution >= 4 is 15.9 Å². The number of unbranched alkanes of at least 4 members (excludes halogenated alkanes) is 5. The molecule has 1 aromatic rings. The minimum Gasteiger partial charge on any atom is -0.324 e. The lowest BCUT2D eigenvalue weighted by Crippen LogP contribution is -2.11. The second-order valence-electron chi connectivity index (χ2n) is 5.16. The molecule has 0 aliphatic carbocycles. The van der Waals surface area contributed by atoms with Gasteiger partial charge in [-0.2, -0.15) is 0 Å². The molecule has 0 bridgehead atoms. The number of rotatable bonds is 8. The van der Waals surface area contributed by atoms with Crippen molar-refractivity contribution in [2.45, 2.75) is 64.8 Å². The van der Waals surface area contributed by atoms with E-state index >= 15 is 0 Å². The molecule has 1 aromatic carbocycles. The number of hydrogen-bond donors (Lipinski definition) is 1. The summed E-state index contributed by atoms with van der Waals surface area (Å²) in [5.41, 5.74) is 8.86. The van der Waals surface area contributed by atoms with Crippen LogP contribution in [-0.2, 0) is 0 Å². The van der Waals surface area contributed by atoms with Crippen LogP contribution in [0.1, 0.15) is 69.0 Å². The molecule has 0 saturated heterocycles. The monoisotopic (exact) mass is 311 g/mol. The van der Waals surface area contributed by atoms with Gasteiger partial charge in [-0.25, -0.2) is 0 Å². The Labute approximate surface area is 120 Å². The predicted octanol–water partition coefficient (Wildman–Crippen LogP) is 5.51. The van der Waals surface area contributed by atoms with Gasteiger partial charge in [-0.1, -0.05) is 67.4 Å². The first-order chi connectivity index (χ1) is 8.65. The molecule has 0 aliphatic rings. The Balaban J connectivity index is 2.29. The lowest BCUT2D eigenvalue weighted by molar-refractivity contribution is 0.546. The normalized spacial score (nSPS) is 12.7. The maximum absolute atomic E-state index is 6.27. The summed E-state index contributed by atoms with van der Waals surface area (Å²) < 4.78 is 1.13. The van der Waals surface area contributed by atoms with E-state index in [9.17, 15) is 0 Å². The van der Waals surface area contributed by atoms with Crippen molar-refractivity contribution < 1.29 is 0 Å². The average molecular weight is 312 g/mol. The van der Waals surface area contributed by atoms with Gasteiger partial charge in [0, 0.05) is 10.5 Å². The van der Waals surface area contributed by atoms with Gasteiger partial charge in [-0.15, -0.1) is 0 Å². The molecule has 0 amide bonds. The van der Waals surface area contributed by atoms with Crippen molar-refractivity contribution in [2.24, 2.45) is 5.73 Å². The molecular weight excluding hydrogens is 286 g/mol. The first-order valence-corrected chi connectivity index (χ1v) is 7.96. The van der Waals surface area contributed by atoms with Gasteiger partial charge in [-0.3, -0.25) is 0 Å². The molecule has 1 unspecified atom stereocenters. The Hall–Kier alpha value is -0.340. The van der Waals surface area contributed by atoms with Crippen LogP contribution in [0.15, 0.2) is 22.7 Å². The van der Waals surface area contributed by atoms with E-state index in [1.807, 2.05) is 0 Å². The number of halogens is 1. The summed E-state index contributed by atoms with van der Waals surface area (Å²) in [5.74, 6) is 0. The molecule has 102 valence electrons. The fourth-order valence-electron chi connectivity index (χ4n) is 2.36. The SMILES string of the molecule is CCCCCCCCC(N)c1ccc(Br)cc1C. The lowest BCUT2D eigenvalue weighted by Gasteiger charge is -2.15. The summed E-state index contributed by atoms with van der Waals surface area (Å²) in [4.78, 5) is 0. The van der Waals surface area contributed by atoms with E-state index in [1.54, 1.807) is 0 Å². The van der Waals surface area contributed by atoms with Crippen LogP contribution in [0.4, 0.5) is 0 Å².